The molecular weight excluding hydrogens is 368 g/mol. The van der Waals surface area contributed by atoms with Gasteiger partial charge in [0.05, 0.1) is 24.3 Å². The van der Waals surface area contributed by atoms with E-state index in [1.54, 1.807) is 31.2 Å². The summed E-state index contributed by atoms with van der Waals surface area (Å²) in [5, 5.41) is 2.94. The molecule has 0 atom stereocenters. The van der Waals surface area contributed by atoms with E-state index < -0.39 is 16.1 Å². The predicted octanol–water partition coefficient (Wildman–Crippen LogP) is 3.72. The molecule has 0 aliphatic carbocycles. The maximum absolute atomic E-state index is 12.5. The summed E-state index contributed by atoms with van der Waals surface area (Å²) in [7, 11) is -2.45. The second kappa shape index (κ2) is 8.09. The summed E-state index contributed by atoms with van der Waals surface area (Å²) >= 11 is 5.79. The lowest BCUT2D eigenvalue weighted by atomic mass is 10.3. The number of carbonyl (C=O) groups is 1. The molecule has 2 aromatic carbocycles. The van der Waals surface area contributed by atoms with E-state index in [-0.39, 0.29) is 17.2 Å². The van der Waals surface area contributed by atoms with E-state index >= 15 is 0 Å². The minimum absolute atomic E-state index is 0.0463. The molecule has 0 fully saturated rings. The number of anilines is 2. The quantitative estimate of drug-likeness (QED) is 0.791. The van der Waals surface area contributed by atoms with Gasteiger partial charge < -0.3 is 9.47 Å². The number of halogens is 1. The van der Waals surface area contributed by atoms with E-state index in [0.717, 1.165) is 0 Å². The molecule has 134 valence electrons. The number of sulfonamides is 1. The van der Waals surface area contributed by atoms with E-state index in [4.69, 9.17) is 21.1 Å². The molecule has 0 aliphatic heterocycles. The first-order valence-corrected chi connectivity index (χ1v) is 9.12. The molecule has 0 saturated carbocycles. The number of nitrogens with one attached hydrogen (secondary N) is 2. The van der Waals surface area contributed by atoms with Gasteiger partial charge in [0, 0.05) is 10.7 Å². The van der Waals surface area contributed by atoms with Crippen LogP contribution in [0, 0.1) is 0 Å². The van der Waals surface area contributed by atoms with Crippen LogP contribution in [0.1, 0.15) is 6.92 Å². The molecule has 2 aromatic rings. The maximum atomic E-state index is 12.5. The normalized spacial score (nSPS) is 10.8. The minimum atomic E-state index is -3.86. The summed E-state index contributed by atoms with van der Waals surface area (Å²) in [6.07, 6.45) is -0.707. The summed E-state index contributed by atoms with van der Waals surface area (Å²) < 4.78 is 37.4. The Bertz CT molecular complexity index is 853. The van der Waals surface area contributed by atoms with Gasteiger partial charge in [-0.3, -0.25) is 10.0 Å². The topological polar surface area (TPSA) is 93.7 Å². The summed E-state index contributed by atoms with van der Waals surface area (Å²) in [5.74, 6) is 0.304. The van der Waals surface area contributed by atoms with E-state index in [0.29, 0.717) is 16.5 Å². The Morgan fingerprint density at radius 3 is 2.44 bits per heavy atom. The molecule has 0 spiro atoms. The number of methoxy groups -OCH3 is 1. The Morgan fingerprint density at radius 1 is 1.16 bits per heavy atom. The van der Waals surface area contributed by atoms with Gasteiger partial charge in [0.1, 0.15) is 5.75 Å². The van der Waals surface area contributed by atoms with Gasteiger partial charge in [-0.25, -0.2) is 13.2 Å². The number of rotatable bonds is 6. The number of hydrogen-bond acceptors (Lipinski definition) is 5. The number of amides is 1. The monoisotopic (exact) mass is 384 g/mol. The SMILES string of the molecule is CCOC(=O)Nc1cc(S(=O)(=O)Nc2ccc(Cl)cc2)ccc1OC. The Morgan fingerprint density at radius 2 is 1.84 bits per heavy atom. The first-order valence-electron chi connectivity index (χ1n) is 7.26. The molecule has 7 nitrogen and oxygen atoms in total. The van der Waals surface area contributed by atoms with Crippen LogP contribution in [0.4, 0.5) is 16.2 Å². The Balaban J connectivity index is 2.30. The third-order valence-corrected chi connectivity index (χ3v) is 4.72. The minimum Gasteiger partial charge on any atom is -0.495 e. The lowest BCUT2D eigenvalue weighted by molar-refractivity contribution is 0.168. The fourth-order valence-corrected chi connectivity index (χ4v) is 3.17. The smallest absolute Gasteiger partial charge is 0.411 e. The van der Waals surface area contributed by atoms with Gasteiger partial charge in [0.2, 0.25) is 0 Å². The lowest BCUT2D eigenvalue weighted by Gasteiger charge is -2.13. The zero-order valence-electron chi connectivity index (χ0n) is 13.6. The van der Waals surface area contributed by atoms with Crippen LogP contribution < -0.4 is 14.8 Å². The second-order valence-corrected chi connectivity index (χ2v) is 6.94. The van der Waals surface area contributed by atoms with Gasteiger partial charge in [-0.15, -0.1) is 0 Å². The van der Waals surface area contributed by atoms with Crippen LogP contribution in [0.2, 0.25) is 5.02 Å². The van der Waals surface area contributed by atoms with Gasteiger partial charge in [-0.05, 0) is 49.4 Å². The highest BCUT2D eigenvalue weighted by atomic mass is 35.5. The average molecular weight is 385 g/mol. The maximum Gasteiger partial charge on any atom is 0.411 e. The molecule has 0 saturated heterocycles. The van der Waals surface area contributed by atoms with Crippen LogP contribution >= 0.6 is 11.6 Å². The van der Waals surface area contributed by atoms with Crippen molar-refractivity contribution in [1.82, 2.24) is 0 Å². The van der Waals surface area contributed by atoms with Gasteiger partial charge in [0.25, 0.3) is 10.0 Å². The fraction of sp³-hybridized carbons (Fsp3) is 0.188. The van der Waals surface area contributed by atoms with Gasteiger partial charge in [0.15, 0.2) is 0 Å². The van der Waals surface area contributed by atoms with Crippen LogP contribution in [-0.4, -0.2) is 28.2 Å². The van der Waals surface area contributed by atoms with Crippen molar-refractivity contribution in [3.05, 3.63) is 47.5 Å². The van der Waals surface area contributed by atoms with Crippen molar-refractivity contribution in [3.8, 4) is 5.75 Å². The highest BCUT2D eigenvalue weighted by Gasteiger charge is 2.18. The van der Waals surface area contributed by atoms with Crippen LogP contribution in [-0.2, 0) is 14.8 Å². The van der Waals surface area contributed by atoms with Crippen molar-refractivity contribution in [3.63, 3.8) is 0 Å². The van der Waals surface area contributed by atoms with Crippen molar-refractivity contribution in [1.29, 1.82) is 0 Å². The first-order chi connectivity index (χ1) is 11.9. The summed E-state index contributed by atoms with van der Waals surface area (Å²) in [4.78, 5) is 11.6. The van der Waals surface area contributed by atoms with Crippen molar-refractivity contribution >= 4 is 39.1 Å². The molecule has 0 unspecified atom stereocenters. The fourth-order valence-electron chi connectivity index (χ4n) is 1.96. The van der Waals surface area contributed by atoms with Gasteiger partial charge >= 0.3 is 6.09 Å². The number of benzene rings is 2. The van der Waals surface area contributed by atoms with E-state index in [1.807, 2.05) is 0 Å². The van der Waals surface area contributed by atoms with Crippen LogP contribution in [0.25, 0.3) is 0 Å². The Labute approximate surface area is 151 Å². The molecule has 2 N–H and O–H groups in total. The van der Waals surface area contributed by atoms with E-state index in [1.165, 1.54) is 25.3 Å². The standard InChI is InChI=1S/C16H17ClN2O5S/c1-3-24-16(20)18-14-10-13(8-9-15(14)23-2)25(21,22)19-12-6-4-11(17)5-7-12/h4-10,19H,3H2,1-2H3,(H,18,20). The zero-order valence-corrected chi connectivity index (χ0v) is 15.1. The van der Waals surface area contributed by atoms with Crippen LogP contribution in [0.15, 0.2) is 47.4 Å². The molecule has 25 heavy (non-hydrogen) atoms. The van der Waals surface area contributed by atoms with Crippen molar-refractivity contribution < 1.29 is 22.7 Å². The molecule has 0 heterocycles. The third-order valence-electron chi connectivity index (χ3n) is 3.09. The molecule has 9 heteroatoms. The average Bonchev–Trinajstić information content (AvgIpc) is 2.57. The molecule has 0 bridgehead atoms. The lowest BCUT2D eigenvalue weighted by Crippen LogP contribution is -2.16. The van der Waals surface area contributed by atoms with Crippen molar-refractivity contribution in [2.75, 3.05) is 23.8 Å². The first kappa shape index (κ1) is 18.9. The molecule has 0 aromatic heterocycles. The number of ether oxygens (including phenoxy) is 2. The van der Waals surface area contributed by atoms with Gasteiger partial charge in [-0.1, -0.05) is 11.6 Å². The second-order valence-electron chi connectivity index (χ2n) is 4.82. The zero-order chi connectivity index (χ0) is 18.4. The number of carbonyl (C=O) groups excluding carboxylic acids is 1. The summed E-state index contributed by atoms with van der Waals surface area (Å²) in [5.41, 5.74) is 0.542. The van der Waals surface area contributed by atoms with E-state index in [2.05, 4.69) is 10.0 Å². The highest BCUT2D eigenvalue weighted by Crippen LogP contribution is 2.28. The van der Waals surface area contributed by atoms with Gasteiger partial charge in [-0.2, -0.15) is 0 Å². The van der Waals surface area contributed by atoms with Crippen molar-refractivity contribution in [2.24, 2.45) is 0 Å². The Kier molecular flexibility index (Phi) is 6.11. The van der Waals surface area contributed by atoms with Crippen molar-refractivity contribution in [2.45, 2.75) is 11.8 Å². The van der Waals surface area contributed by atoms with E-state index in [9.17, 15) is 13.2 Å². The largest absolute Gasteiger partial charge is 0.495 e. The molecular formula is C16H17ClN2O5S. The Hall–Kier alpha value is -2.45. The molecule has 0 aliphatic rings. The predicted molar refractivity (Wildman–Crippen MR) is 95.9 cm³/mol. The summed E-state index contributed by atoms with van der Waals surface area (Å²) in [6.45, 7) is 1.85. The van der Waals surface area contributed by atoms with Crippen LogP contribution in [0.5, 0.6) is 5.75 Å². The third kappa shape index (κ3) is 5.01. The molecule has 2 rings (SSSR count). The number of hydrogen-bond donors (Lipinski definition) is 2. The summed E-state index contributed by atoms with van der Waals surface area (Å²) in [6, 6.07) is 10.3. The highest BCUT2D eigenvalue weighted by molar-refractivity contribution is 7.92. The molecule has 1 amide bonds. The van der Waals surface area contributed by atoms with Crippen LogP contribution in [0.3, 0.4) is 0 Å². The molecule has 0 radical (unpaired) electrons.